The first-order chi connectivity index (χ1) is 8.39. The maximum absolute atomic E-state index is 11.7. The molecule has 4 unspecified atom stereocenters. The van der Waals surface area contributed by atoms with E-state index >= 15 is 0 Å². The summed E-state index contributed by atoms with van der Waals surface area (Å²) in [6, 6.07) is 0.327. The molecule has 0 heterocycles. The fraction of sp³-hybridized carbons (Fsp3) is 0.929. The minimum Gasteiger partial charge on any atom is -0.444 e. The van der Waals surface area contributed by atoms with Crippen LogP contribution in [0.5, 0.6) is 0 Å². The first kappa shape index (κ1) is 13.7. The predicted molar refractivity (Wildman–Crippen MR) is 71.2 cm³/mol. The van der Waals surface area contributed by atoms with Gasteiger partial charge in [-0.3, -0.25) is 0 Å². The summed E-state index contributed by atoms with van der Waals surface area (Å²) in [6.45, 7) is 6.46. The molecule has 4 nitrogen and oxygen atoms in total. The van der Waals surface area contributed by atoms with Gasteiger partial charge in [-0.25, -0.2) is 4.79 Å². The van der Waals surface area contributed by atoms with Gasteiger partial charge in [0.25, 0.3) is 0 Å². The summed E-state index contributed by atoms with van der Waals surface area (Å²) in [5.74, 6) is 2.24. The lowest BCUT2D eigenvalue weighted by molar-refractivity contribution is 0.0385. The highest BCUT2D eigenvalue weighted by atomic mass is 16.6. The Kier molecular flexibility index (Phi) is 3.85. The van der Waals surface area contributed by atoms with Crippen molar-refractivity contribution in [2.24, 2.45) is 23.5 Å². The van der Waals surface area contributed by atoms with Gasteiger partial charge < -0.3 is 15.8 Å². The normalized spacial score (nSPS) is 34.7. The van der Waals surface area contributed by atoms with Gasteiger partial charge in [0, 0.05) is 6.04 Å². The topological polar surface area (TPSA) is 64.3 Å². The van der Waals surface area contributed by atoms with E-state index in [1.54, 1.807) is 0 Å². The summed E-state index contributed by atoms with van der Waals surface area (Å²) >= 11 is 0. The molecule has 104 valence electrons. The minimum atomic E-state index is -0.412. The van der Waals surface area contributed by atoms with E-state index in [-0.39, 0.29) is 6.09 Å². The van der Waals surface area contributed by atoms with E-state index in [0.717, 1.165) is 31.2 Å². The summed E-state index contributed by atoms with van der Waals surface area (Å²) in [5.41, 5.74) is 5.20. The van der Waals surface area contributed by atoms with Gasteiger partial charge in [-0.05, 0) is 70.8 Å². The summed E-state index contributed by atoms with van der Waals surface area (Å²) < 4.78 is 5.30. The summed E-state index contributed by atoms with van der Waals surface area (Å²) in [4.78, 5) is 11.7. The van der Waals surface area contributed by atoms with Crippen molar-refractivity contribution in [3.8, 4) is 0 Å². The average Bonchev–Trinajstić information content (AvgIpc) is 2.51. The van der Waals surface area contributed by atoms with Crippen molar-refractivity contribution in [2.75, 3.05) is 6.54 Å². The highest BCUT2D eigenvalue weighted by molar-refractivity contribution is 5.68. The van der Waals surface area contributed by atoms with Gasteiger partial charge >= 0.3 is 6.09 Å². The second-order valence-corrected chi connectivity index (χ2v) is 6.83. The van der Waals surface area contributed by atoms with Crippen LogP contribution in [0, 0.1) is 17.8 Å². The quantitative estimate of drug-likeness (QED) is 0.812. The third kappa shape index (κ3) is 3.16. The monoisotopic (exact) mass is 254 g/mol. The molecule has 0 saturated heterocycles. The number of amides is 1. The lowest BCUT2D eigenvalue weighted by Gasteiger charge is -2.40. The third-order valence-corrected chi connectivity index (χ3v) is 4.20. The molecule has 0 radical (unpaired) electrons. The number of alkyl carbamates (subject to hydrolysis) is 1. The zero-order valence-corrected chi connectivity index (χ0v) is 11.7. The average molecular weight is 254 g/mol. The molecule has 0 spiro atoms. The molecule has 0 aromatic carbocycles. The van der Waals surface area contributed by atoms with Gasteiger partial charge in [0.1, 0.15) is 5.60 Å². The third-order valence-electron chi connectivity index (χ3n) is 4.20. The second kappa shape index (κ2) is 5.08. The van der Waals surface area contributed by atoms with E-state index in [0.29, 0.717) is 12.0 Å². The Morgan fingerprint density at radius 1 is 1.33 bits per heavy atom. The molecule has 0 aliphatic heterocycles. The molecule has 2 fully saturated rings. The molecule has 0 aromatic rings. The molecular weight excluding hydrogens is 228 g/mol. The highest BCUT2D eigenvalue weighted by Crippen LogP contribution is 2.50. The van der Waals surface area contributed by atoms with Crippen molar-refractivity contribution in [3.63, 3.8) is 0 Å². The predicted octanol–water partition coefficient (Wildman–Crippen LogP) is 2.27. The minimum absolute atomic E-state index is 0.270. The molecule has 0 aromatic heterocycles. The van der Waals surface area contributed by atoms with E-state index < -0.39 is 5.60 Å². The van der Waals surface area contributed by atoms with Gasteiger partial charge in [-0.2, -0.15) is 0 Å². The van der Waals surface area contributed by atoms with E-state index in [1.165, 1.54) is 12.8 Å². The van der Waals surface area contributed by atoms with Gasteiger partial charge in [0.2, 0.25) is 0 Å². The molecule has 2 rings (SSSR count). The van der Waals surface area contributed by atoms with Crippen molar-refractivity contribution in [1.29, 1.82) is 0 Å². The summed E-state index contributed by atoms with van der Waals surface area (Å²) in [6.07, 6.45) is 4.50. The number of carbonyl (C=O) groups excluding carboxylic acids is 1. The Morgan fingerprint density at radius 3 is 2.67 bits per heavy atom. The van der Waals surface area contributed by atoms with E-state index in [2.05, 4.69) is 5.32 Å². The standard InChI is InChI=1S/C14H26N2O2/c1-14(2,3)18-13(17)16-12-8-10-6-9(4-5-15)7-11(10)12/h9-12H,4-8,15H2,1-3H3,(H,16,17). The van der Waals surface area contributed by atoms with Crippen molar-refractivity contribution in [1.82, 2.24) is 5.32 Å². The Balaban J connectivity index is 1.75. The van der Waals surface area contributed by atoms with Crippen LogP contribution < -0.4 is 11.1 Å². The van der Waals surface area contributed by atoms with Gasteiger partial charge in [0.15, 0.2) is 0 Å². The van der Waals surface area contributed by atoms with Crippen molar-refractivity contribution in [3.05, 3.63) is 0 Å². The number of nitrogens with two attached hydrogens (primary N) is 1. The maximum atomic E-state index is 11.7. The van der Waals surface area contributed by atoms with Crippen molar-refractivity contribution >= 4 is 6.09 Å². The van der Waals surface area contributed by atoms with E-state index in [4.69, 9.17) is 10.5 Å². The van der Waals surface area contributed by atoms with Gasteiger partial charge in [-0.15, -0.1) is 0 Å². The molecule has 2 aliphatic carbocycles. The number of nitrogens with one attached hydrogen (secondary N) is 1. The summed E-state index contributed by atoms with van der Waals surface area (Å²) in [7, 11) is 0. The molecule has 18 heavy (non-hydrogen) atoms. The smallest absolute Gasteiger partial charge is 0.407 e. The van der Waals surface area contributed by atoms with Crippen LogP contribution in [0.25, 0.3) is 0 Å². The van der Waals surface area contributed by atoms with Crippen LogP contribution in [0.15, 0.2) is 0 Å². The molecule has 4 atom stereocenters. The van der Waals surface area contributed by atoms with Crippen molar-refractivity contribution in [2.45, 2.75) is 58.1 Å². The van der Waals surface area contributed by atoms with E-state index in [1.807, 2.05) is 20.8 Å². The lowest BCUT2D eigenvalue weighted by Crippen LogP contribution is -2.51. The van der Waals surface area contributed by atoms with Crippen LogP contribution in [0.4, 0.5) is 4.79 Å². The molecule has 0 bridgehead atoms. The maximum Gasteiger partial charge on any atom is 0.407 e. The SMILES string of the molecule is CC(C)(C)OC(=O)NC1CC2CC(CCN)CC21. The molecule has 2 saturated carbocycles. The van der Waals surface area contributed by atoms with Crippen LogP contribution >= 0.6 is 0 Å². The molecule has 2 aliphatic rings. The fourth-order valence-electron chi connectivity index (χ4n) is 3.44. The first-order valence-corrected chi connectivity index (χ1v) is 7.08. The highest BCUT2D eigenvalue weighted by Gasteiger charge is 2.48. The Bertz CT molecular complexity index is 311. The number of ether oxygens (including phenoxy) is 1. The van der Waals surface area contributed by atoms with Gasteiger partial charge in [0.05, 0.1) is 0 Å². The zero-order chi connectivity index (χ0) is 13.3. The number of rotatable bonds is 3. The van der Waals surface area contributed by atoms with Crippen LogP contribution in [-0.4, -0.2) is 24.3 Å². The number of hydrogen-bond acceptors (Lipinski definition) is 3. The van der Waals surface area contributed by atoms with Crippen molar-refractivity contribution < 1.29 is 9.53 Å². The van der Waals surface area contributed by atoms with Crippen LogP contribution in [0.3, 0.4) is 0 Å². The zero-order valence-electron chi connectivity index (χ0n) is 11.7. The van der Waals surface area contributed by atoms with Crippen LogP contribution in [0.2, 0.25) is 0 Å². The largest absolute Gasteiger partial charge is 0.444 e. The fourth-order valence-corrected chi connectivity index (χ4v) is 3.44. The van der Waals surface area contributed by atoms with Gasteiger partial charge in [-0.1, -0.05) is 0 Å². The van der Waals surface area contributed by atoms with Crippen LogP contribution in [0.1, 0.15) is 46.5 Å². The number of carbonyl (C=O) groups is 1. The molecule has 3 N–H and O–H groups in total. The second-order valence-electron chi connectivity index (χ2n) is 6.83. The summed E-state index contributed by atoms with van der Waals surface area (Å²) in [5, 5.41) is 3.01. The van der Waals surface area contributed by atoms with Crippen LogP contribution in [-0.2, 0) is 4.74 Å². The Labute approximate surface area is 110 Å². The molecule has 4 heteroatoms. The lowest BCUT2D eigenvalue weighted by atomic mass is 9.71. The first-order valence-electron chi connectivity index (χ1n) is 7.08. The Hall–Kier alpha value is -0.770. The molecular formula is C14H26N2O2. The molecule has 1 amide bonds. The Morgan fingerprint density at radius 2 is 2.06 bits per heavy atom. The number of fused-ring (bicyclic) bond motifs is 1. The number of hydrogen-bond donors (Lipinski definition) is 2. The van der Waals surface area contributed by atoms with E-state index in [9.17, 15) is 4.79 Å².